The number of ketones is 1. The van der Waals surface area contributed by atoms with Crippen LogP contribution in [0.2, 0.25) is 0 Å². The van der Waals surface area contributed by atoms with E-state index in [0.717, 1.165) is 24.2 Å². The molecule has 4 rings (SSSR count). The summed E-state index contributed by atoms with van der Waals surface area (Å²) in [5, 5.41) is 0. The van der Waals surface area contributed by atoms with Crippen molar-refractivity contribution >= 4 is 5.78 Å². The predicted octanol–water partition coefficient (Wildman–Crippen LogP) is 8.62. The number of allylic oxidation sites excluding steroid dienone is 2. The zero-order chi connectivity index (χ0) is 22.8. The molecule has 0 bridgehead atoms. The Morgan fingerprint density at radius 3 is 2.32 bits per heavy atom. The van der Waals surface area contributed by atoms with Crippen molar-refractivity contribution in [3.63, 3.8) is 0 Å². The van der Waals surface area contributed by atoms with Gasteiger partial charge in [-0.2, -0.15) is 0 Å². The molecule has 0 aromatic carbocycles. The first kappa shape index (κ1) is 23.6. The van der Waals surface area contributed by atoms with Crippen molar-refractivity contribution in [1.82, 2.24) is 0 Å². The van der Waals surface area contributed by atoms with Crippen LogP contribution in [0.5, 0.6) is 0 Å². The van der Waals surface area contributed by atoms with Crippen LogP contribution < -0.4 is 0 Å². The summed E-state index contributed by atoms with van der Waals surface area (Å²) in [5.74, 6) is 4.54. The minimum absolute atomic E-state index is 0.212. The Balaban J connectivity index is 1.61. The normalized spacial score (nSPS) is 45.5. The zero-order valence-corrected chi connectivity index (χ0v) is 21.9. The van der Waals surface area contributed by atoms with Gasteiger partial charge in [-0.1, -0.05) is 72.0 Å². The molecule has 0 amide bonds. The molecule has 31 heavy (non-hydrogen) atoms. The predicted molar refractivity (Wildman–Crippen MR) is 132 cm³/mol. The molecular formula is C30H50O. The molecule has 1 heteroatoms. The molecule has 0 aromatic heterocycles. The summed E-state index contributed by atoms with van der Waals surface area (Å²) in [7, 11) is 0. The third kappa shape index (κ3) is 3.42. The summed E-state index contributed by atoms with van der Waals surface area (Å²) in [4.78, 5) is 14.0. The van der Waals surface area contributed by atoms with Gasteiger partial charge in [0.2, 0.25) is 0 Å². The number of fused-ring (bicyclic) bond motifs is 5. The molecule has 4 aliphatic carbocycles. The van der Waals surface area contributed by atoms with Crippen molar-refractivity contribution in [2.24, 2.45) is 51.8 Å². The number of Topliss-reactive ketones (excluding diaryl/α,β-unsaturated/α-hetero) is 1. The Bertz CT molecular complexity index is 742. The SMILES string of the molecule is CC(C)=C1CC[C@]2(C)[C@@H]3C(=O)C[C@]4(C)[C@@H]([C@H](C)CCCC(C)C)CC[C@@]4(C)[C@H]3CC[C@@H]12. The van der Waals surface area contributed by atoms with E-state index >= 15 is 0 Å². The fourth-order valence-corrected chi connectivity index (χ4v) is 9.73. The lowest BCUT2D eigenvalue weighted by molar-refractivity contribution is -0.167. The minimum atomic E-state index is 0.212. The quantitative estimate of drug-likeness (QED) is 0.402. The first-order valence-corrected chi connectivity index (χ1v) is 13.6. The van der Waals surface area contributed by atoms with Crippen LogP contribution in [0.3, 0.4) is 0 Å². The molecule has 0 aliphatic heterocycles. The Labute approximate surface area is 193 Å². The van der Waals surface area contributed by atoms with E-state index in [1.807, 2.05) is 0 Å². The maximum atomic E-state index is 14.0. The number of hydrogen-bond donors (Lipinski definition) is 0. The van der Waals surface area contributed by atoms with Crippen molar-refractivity contribution in [1.29, 1.82) is 0 Å². The highest BCUT2D eigenvalue weighted by Crippen LogP contribution is 2.73. The summed E-state index contributed by atoms with van der Waals surface area (Å²) in [5.41, 5.74) is 4.02. The zero-order valence-electron chi connectivity index (χ0n) is 21.9. The monoisotopic (exact) mass is 426 g/mol. The fraction of sp³-hybridized carbons (Fsp3) is 0.900. The van der Waals surface area contributed by atoms with Crippen LogP contribution in [0.1, 0.15) is 120 Å². The topological polar surface area (TPSA) is 17.1 Å². The van der Waals surface area contributed by atoms with Gasteiger partial charge in [0, 0.05) is 12.3 Å². The molecular weight excluding hydrogens is 376 g/mol. The summed E-state index contributed by atoms with van der Waals surface area (Å²) in [6, 6.07) is 0. The van der Waals surface area contributed by atoms with Crippen LogP contribution in [-0.2, 0) is 4.79 Å². The Morgan fingerprint density at radius 1 is 0.968 bits per heavy atom. The lowest BCUT2D eigenvalue weighted by atomic mass is 9.41. The molecule has 1 nitrogen and oxygen atoms in total. The highest BCUT2D eigenvalue weighted by Gasteiger charge is 2.68. The van der Waals surface area contributed by atoms with Crippen LogP contribution in [0.15, 0.2) is 11.1 Å². The van der Waals surface area contributed by atoms with E-state index in [-0.39, 0.29) is 10.8 Å². The molecule has 4 fully saturated rings. The molecule has 8 atom stereocenters. The van der Waals surface area contributed by atoms with Gasteiger partial charge in [-0.15, -0.1) is 0 Å². The maximum Gasteiger partial charge on any atom is 0.137 e. The number of carbonyl (C=O) groups excluding carboxylic acids is 1. The van der Waals surface area contributed by atoms with Gasteiger partial charge in [-0.25, -0.2) is 0 Å². The van der Waals surface area contributed by atoms with Gasteiger partial charge in [0.1, 0.15) is 5.78 Å². The number of rotatable bonds is 5. The average Bonchev–Trinajstić information content (AvgIpc) is 3.15. The van der Waals surface area contributed by atoms with E-state index in [0.29, 0.717) is 29.0 Å². The van der Waals surface area contributed by atoms with Crippen LogP contribution in [0.25, 0.3) is 0 Å². The van der Waals surface area contributed by atoms with Crippen LogP contribution in [0, 0.1) is 51.8 Å². The molecule has 0 aromatic rings. The molecule has 4 saturated carbocycles. The van der Waals surface area contributed by atoms with E-state index in [1.165, 1.54) is 63.4 Å². The van der Waals surface area contributed by atoms with E-state index in [9.17, 15) is 4.79 Å². The maximum absolute atomic E-state index is 14.0. The van der Waals surface area contributed by atoms with Gasteiger partial charge >= 0.3 is 0 Å². The van der Waals surface area contributed by atoms with E-state index in [1.54, 1.807) is 5.57 Å². The lowest BCUT2D eigenvalue weighted by Crippen LogP contribution is -2.59. The summed E-state index contributed by atoms with van der Waals surface area (Å²) in [6.07, 6.45) is 12.7. The van der Waals surface area contributed by atoms with Crippen LogP contribution >= 0.6 is 0 Å². The van der Waals surface area contributed by atoms with Crippen LogP contribution in [-0.4, -0.2) is 5.78 Å². The molecule has 176 valence electrons. The molecule has 0 N–H and O–H groups in total. The molecule has 0 spiro atoms. The standard InChI is InChI=1S/C30H50O/c1-19(2)10-9-11-21(5)23-15-17-29(7)25-13-12-24-22(20(3)4)14-16-28(24,6)27(25)26(31)18-30(23,29)8/h19,21,23-25,27H,9-18H2,1-8H3/t21-,23-,24+,25+,27+,28+,29+,30-/m1/s1. The van der Waals surface area contributed by atoms with E-state index in [2.05, 4.69) is 55.4 Å². The Morgan fingerprint density at radius 2 is 1.68 bits per heavy atom. The summed E-state index contributed by atoms with van der Waals surface area (Å²) >= 11 is 0. The lowest BCUT2D eigenvalue weighted by Gasteiger charge is -2.62. The number of carbonyl (C=O) groups is 1. The molecule has 0 unspecified atom stereocenters. The highest BCUT2D eigenvalue weighted by molar-refractivity contribution is 5.85. The molecule has 0 radical (unpaired) electrons. The third-order valence-corrected chi connectivity index (χ3v) is 11.6. The largest absolute Gasteiger partial charge is 0.299 e. The van der Waals surface area contributed by atoms with Gasteiger partial charge in [0.15, 0.2) is 0 Å². The van der Waals surface area contributed by atoms with Crippen LogP contribution in [0.4, 0.5) is 0 Å². The van der Waals surface area contributed by atoms with E-state index < -0.39 is 0 Å². The second-order valence-corrected chi connectivity index (χ2v) is 13.7. The highest BCUT2D eigenvalue weighted by atomic mass is 16.1. The first-order chi connectivity index (χ1) is 14.5. The van der Waals surface area contributed by atoms with E-state index in [4.69, 9.17) is 0 Å². The summed E-state index contributed by atoms with van der Waals surface area (Å²) < 4.78 is 0. The summed E-state index contributed by atoms with van der Waals surface area (Å²) in [6.45, 7) is 19.5. The molecule has 0 heterocycles. The van der Waals surface area contributed by atoms with Gasteiger partial charge in [0.05, 0.1) is 0 Å². The smallest absolute Gasteiger partial charge is 0.137 e. The van der Waals surface area contributed by atoms with Crippen molar-refractivity contribution in [3.05, 3.63) is 11.1 Å². The third-order valence-electron chi connectivity index (χ3n) is 11.6. The number of hydrogen-bond acceptors (Lipinski definition) is 1. The van der Waals surface area contributed by atoms with Gasteiger partial charge in [-0.3, -0.25) is 4.79 Å². The average molecular weight is 427 g/mol. The van der Waals surface area contributed by atoms with Gasteiger partial charge < -0.3 is 0 Å². The van der Waals surface area contributed by atoms with Crippen molar-refractivity contribution in [3.8, 4) is 0 Å². The Hall–Kier alpha value is -0.590. The van der Waals surface area contributed by atoms with Gasteiger partial charge in [-0.05, 0) is 98.2 Å². The van der Waals surface area contributed by atoms with Crippen molar-refractivity contribution < 1.29 is 4.79 Å². The van der Waals surface area contributed by atoms with Crippen molar-refractivity contribution in [2.75, 3.05) is 0 Å². The minimum Gasteiger partial charge on any atom is -0.299 e. The second kappa shape index (κ2) is 8.02. The first-order valence-electron chi connectivity index (χ1n) is 13.6. The second-order valence-electron chi connectivity index (χ2n) is 13.7. The van der Waals surface area contributed by atoms with Gasteiger partial charge in [0.25, 0.3) is 0 Å². The molecule has 4 aliphatic rings. The molecule has 0 saturated heterocycles. The Kier molecular flexibility index (Phi) is 6.09. The van der Waals surface area contributed by atoms with Crippen molar-refractivity contribution in [2.45, 2.75) is 120 Å². The fourth-order valence-electron chi connectivity index (χ4n) is 9.73.